The molecule has 28 heavy (non-hydrogen) atoms. The highest BCUT2D eigenvalue weighted by molar-refractivity contribution is 6.32. The maximum atomic E-state index is 12.1. The lowest BCUT2D eigenvalue weighted by Crippen LogP contribution is -2.44. The summed E-state index contributed by atoms with van der Waals surface area (Å²) < 4.78 is 0. The van der Waals surface area contributed by atoms with E-state index in [1.54, 1.807) is 6.07 Å². The Morgan fingerprint density at radius 1 is 1.14 bits per heavy atom. The number of carbonyl (C=O) groups excluding carboxylic acids is 1. The second-order valence-electron chi connectivity index (χ2n) is 6.63. The van der Waals surface area contributed by atoms with Crippen molar-refractivity contribution in [1.29, 1.82) is 0 Å². The number of benzene rings is 2. The molecule has 1 saturated heterocycles. The van der Waals surface area contributed by atoms with Gasteiger partial charge in [0, 0.05) is 49.7 Å². The lowest BCUT2D eigenvalue weighted by molar-refractivity contribution is -0.384. The fourth-order valence-corrected chi connectivity index (χ4v) is 3.14. The van der Waals surface area contributed by atoms with Gasteiger partial charge in [0.25, 0.3) is 5.69 Å². The number of likely N-dealkylation sites (N-methyl/N-ethyl adjacent to an activating group) is 1. The van der Waals surface area contributed by atoms with Gasteiger partial charge in [0.1, 0.15) is 5.02 Å². The maximum Gasteiger partial charge on any atom is 0.288 e. The molecule has 7 nitrogen and oxygen atoms in total. The molecule has 1 fully saturated rings. The summed E-state index contributed by atoms with van der Waals surface area (Å²) in [4.78, 5) is 27.1. The molecule has 0 radical (unpaired) electrons. The number of anilines is 2. The zero-order chi connectivity index (χ0) is 20.1. The van der Waals surface area contributed by atoms with Gasteiger partial charge in [-0.1, -0.05) is 17.7 Å². The van der Waals surface area contributed by atoms with Crippen LogP contribution in [0.5, 0.6) is 0 Å². The fraction of sp³-hybridized carbons (Fsp3) is 0.250. The molecular formula is C20H21ClN4O3. The number of hydrogen-bond acceptors (Lipinski definition) is 5. The Hall–Kier alpha value is -2.90. The molecule has 2 aromatic carbocycles. The highest BCUT2D eigenvalue weighted by Crippen LogP contribution is 2.25. The van der Waals surface area contributed by atoms with Crippen molar-refractivity contribution in [2.45, 2.75) is 0 Å². The summed E-state index contributed by atoms with van der Waals surface area (Å²) in [7, 11) is 2.12. The van der Waals surface area contributed by atoms with Crippen LogP contribution in [0.2, 0.25) is 5.02 Å². The summed E-state index contributed by atoms with van der Waals surface area (Å²) in [6.45, 7) is 4.04. The first-order valence-corrected chi connectivity index (χ1v) is 9.27. The minimum absolute atomic E-state index is 0.0621. The normalized spacial score (nSPS) is 15.0. The fourth-order valence-electron chi connectivity index (χ4n) is 2.95. The van der Waals surface area contributed by atoms with Crippen molar-refractivity contribution in [3.63, 3.8) is 0 Å². The molecule has 1 aliphatic rings. The Morgan fingerprint density at radius 2 is 1.82 bits per heavy atom. The first-order chi connectivity index (χ1) is 13.4. The van der Waals surface area contributed by atoms with E-state index in [1.807, 2.05) is 24.3 Å². The number of amides is 1. The molecule has 0 bridgehead atoms. The van der Waals surface area contributed by atoms with E-state index in [0.717, 1.165) is 31.9 Å². The van der Waals surface area contributed by atoms with E-state index in [1.165, 1.54) is 24.3 Å². The van der Waals surface area contributed by atoms with Gasteiger partial charge >= 0.3 is 0 Å². The molecule has 0 unspecified atom stereocenters. The van der Waals surface area contributed by atoms with Crippen molar-refractivity contribution in [1.82, 2.24) is 4.90 Å². The zero-order valence-corrected chi connectivity index (χ0v) is 16.2. The van der Waals surface area contributed by atoms with Crippen molar-refractivity contribution in [3.05, 3.63) is 69.2 Å². The summed E-state index contributed by atoms with van der Waals surface area (Å²) in [5, 5.41) is 13.8. The average molecular weight is 401 g/mol. The van der Waals surface area contributed by atoms with Gasteiger partial charge < -0.3 is 15.1 Å². The number of hydrogen-bond donors (Lipinski definition) is 1. The average Bonchev–Trinajstić information content (AvgIpc) is 2.68. The van der Waals surface area contributed by atoms with Crippen molar-refractivity contribution in [2.24, 2.45) is 0 Å². The largest absolute Gasteiger partial charge is 0.369 e. The van der Waals surface area contributed by atoms with Crippen molar-refractivity contribution in [3.8, 4) is 0 Å². The van der Waals surface area contributed by atoms with Crippen LogP contribution in [-0.2, 0) is 4.79 Å². The Labute approximate surface area is 168 Å². The number of nitro benzene ring substituents is 1. The van der Waals surface area contributed by atoms with Crippen LogP contribution in [0.25, 0.3) is 6.08 Å². The van der Waals surface area contributed by atoms with Gasteiger partial charge in [0.2, 0.25) is 5.91 Å². The molecule has 0 aromatic heterocycles. The third kappa shape index (κ3) is 5.09. The van der Waals surface area contributed by atoms with Gasteiger partial charge in [-0.3, -0.25) is 14.9 Å². The van der Waals surface area contributed by atoms with Crippen molar-refractivity contribution < 1.29 is 9.72 Å². The molecular weight excluding hydrogens is 380 g/mol. The Kier molecular flexibility index (Phi) is 6.28. The van der Waals surface area contributed by atoms with E-state index in [-0.39, 0.29) is 16.6 Å². The molecule has 1 amide bonds. The third-order valence-electron chi connectivity index (χ3n) is 4.60. The van der Waals surface area contributed by atoms with Crippen LogP contribution in [0.1, 0.15) is 5.56 Å². The Morgan fingerprint density at radius 3 is 2.46 bits per heavy atom. The number of halogens is 1. The van der Waals surface area contributed by atoms with Crippen LogP contribution in [0.4, 0.5) is 17.1 Å². The highest BCUT2D eigenvalue weighted by Gasteiger charge is 2.14. The summed E-state index contributed by atoms with van der Waals surface area (Å²) in [6, 6.07) is 12.1. The monoisotopic (exact) mass is 400 g/mol. The summed E-state index contributed by atoms with van der Waals surface area (Å²) >= 11 is 5.79. The van der Waals surface area contributed by atoms with Crippen molar-refractivity contribution in [2.75, 3.05) is 43.4 Å². The standard InChI is InChI=1S/C20H21ClN4O3/c1-23-10-12-24(13-11-23)17-6-4-16(5-7-17)22-20(26)9-3-15-2-8-18(21)19(14-15)25(27)28/h2-9,14H,10-13H2,1H3,(H,22,26). The van der Waals surface area contributed by atoms with Gasteiger partial charge in [0.05, 0.1) is 4.92 Å². The number of nitrogens with zero attached hydrogens (tertiary/aromatic N) is 3. The van der Waals surface area contributed by atoms with Gasteiger partial charge in [-0.05, 0) is 49.0 Å². The molecule has 146 valence electrons. The van der Waals surface area contributed by atoms with Crippen LogP contribution >= 0.6 is 11.6 Å². The smallest absolute Gasteiger partial charge is 0.288 e. The van der Waals surface area contributed by atoms with Gasteiger partial charge in [0.15, 0.2) is 0 Å². The molecule has 2 aromatic rings. The zero-order valence-electron chi connectivity index (χ0n) is 15.5. The predicted molar refractivity (Wildman–Crippen MR) is 112 cm³/mol. The Bertz CT molecular complexity index is 891. The summed E-state index contributed by atoms with van der Waals surface area (Å²) in [6.07, 6.45) is 2.85. The topological polar surface area (TPSA) is 78.7 Å². The molecule has 0 aliphatic carbocycles. The number of piperazine rings is 1. The number of nitro groups is 1. The van der Waals surface area contributed by atoms with E-state index < -0.39 is 4.92 Å². The molecule has 1 heterocycles. The number of nitrogens with one attached hydrogen (secondary N) is 1. The SMILES string of the molecule is CN1CCN(c2ccc(NC(=O)C=Cc3ccc(Cl)c([N+](=O)[O-])c3)cc2)CC1. The van der Waals surface area contributed by atoms with E-state index in [2.05, 4.69) is 22.2 Å². The third-order valence-corrected chi connectivity index (χ3v) is 4.92. The Balaban J connectivity index is 1.59. The molecule has 1 N–H and O–H groups in total. The van der Waals surface area contributed by atoms with Gasteiger partial charge in [-0.25, -0.2) is 0 Å². The first kappa shape index (κ1) is 19.9. The van der Waals surface area contributed by atoms with Crippen LogP contribution in [0.3, 0.4) is 0 Å². The van der Waals surface area contributed by atoms with Crippen LogP contribution in [-0.4, -0.2) is 49.0 Å². The maximum absolute atomic E-state index is 12.1. The molecule has 0 saturated carbocycles. The second-order valence-corrected chi connectivity index (χ2v) is 7.03. The van der Waals surface area contributed by atoms with Crippen LogP contribution in [0.15, 0.2) is 48.5 Å². The van der Waals surface area contributed by atoms with E-state index in [4.69, 9.17) is 11.6 Å². The molecule has 0 atom stereocenters. The highest BCUT2D eigenvalue weighted by atomic mass is 35.5. The van der Waals surface area contributed by atoms with E-state index >= 15 is 0 Å². The van der Waals surface area contributed by atoms with Crippen molar-refractivity contribution >= 4 is 40.6 Å². The predicted octanol–water partition coefficient (Wildman–Crippen LogP) is 3.65. The molecule has 3 rings (SSSR count). The lowest BCUT2D eigenvalue weighted by atomic mass is 10.2. The quantitative estimate of drug-likeness (QED) is 0.471. The molecule has 0 spiro atoms. The minimum atomic E-state index is -0.554. The minimum Gasteiger partial charge on any atom is -0.369 e. The summed E-state index contributed by atoms with van der Waals surface area (Å²) in [5.74, 6) is -0.315. The molecule has 1 aliphatic heterocycles. The number of rotatable bonds is 5. The summed E-state index contributed by atoms with van der Waals surface area (Å²) in [5.41, 5.74) is 2.16. The van der Waals surface area contributed by atoms with E-state index in [9.17, 15) is 14.9 Å². The van der Waals surface area contributed by atoms with Crippen LogP contribution in [0, 0.1) is 10.1 Å². The van der Waals surface area contributed by atoms with Gasteiger partial charge in [-0.15, -0.1) is 0 Å². The van der Waals surface area contributed by atoms with Crippen LogP contribution < -0.4 is 10.2 Å². The lowest BCUT2D eigenvalue weighted by Gasteiger charge is -2.34. The molecule has 8 heteroatoms. The van der Waals surface area contributed by atoms with E-state index in [0.29, 0.717) is 11.3 Å². The number of carbonyl (C=O) groups is 1. The first-order valence-electron chi connectivity index (χ1n) is 8.89. The van der Waals surface area contributed by atoms with Gasteiger partial charge in [-0.2, -0.15) is 0 Å². The second kappa shape index (κ2) is 8.86.